The number of rotatable bonds is 6. The Hall–Kier alpha value is -2.28. The molecule has 7 nitrogen and oxygen atoms in total. The normalized spacial score (nSPS) is 11.9. The first-order valence-corrected chi connectivity index (χ1v) is 5.63. The highest BCUT2D eigenvalue weighted by atomic mass is 16.3. The van der Waals surface area contributed by atoms with Crippen LogP contribution in [0, 0.1) is 0 Å². The molecular weight excluding hydrogens is 250 g/mol. The largest absolute Gasteiger partial charge is 0.507 e. The summed E-state index contributed by atoms with van der Waals surface area (Å²) in [5.74, 6) is -1.38. The van der Waals surface area contributed by atoms with Crippen LogP contribution in [0.5, 0.6) is 5.75 Å². The van der Waals surface area contributed by atoms with Crippen molar-refractivity contribution >= 4 is 17.5 Å². The number of aliphatic hydroxyl groups is 1. The number of carbonyl (C=O) groups excluding carboxylic acids is 2. The molecule has 0 aliphatic rings. The van der Waals surface area contributed by atoms with Gasteiger partial charge < -0.3 is 26.6 Å². The van der Waals surface area contributed by atoms with Gasteiger partial charge >= 0.3 is 0 Å². The SMILES string of the molecule is CC(O)c1ccc(N(CC(N)=O)CC(N)=O)cc1O. The van der Waals surface area contributed by atoms with Crippen LogP contribution in [0.2, 0.25) is 0 Å². The van der Waals surface area contributed by atoms with Crippen LogP contribution in [0.1, 0.15) is 18.6 Å². The Morgan fingerprint density at radius 1 is 1.26 bits per heavy atom. The zero-order chi connectivity index (χ0) is 14.6. The summed E-state index contributed by atoms with van der Waals surface area (Å²) >= 11 is 0. The molecule has 1 aromatic rings. The third-order valence-corrected chi connectivity index (χ3v) is 2.52. The molecule has 0 aliphatic heterocycles. The Bertz CT molecular complexity index is 472. The maximum Gasteiger partial charge on any atom is 0.236 e. The van der Waals surface area contributed by atoms with Crippen LogP contribution in [0.15, 0.2) is 18.2 Å². The Labute approximate surface area is 110 Å². The lowest BCUT2D eigenvalue weighted by Gasteiger charge is -2.22. The molecule has 6 N–H and O–H groups in total. The number of carbonyl (C=O) groups is 2. The molecule has 19 heavy (non-hydrogen) atoms. The summed E-state index contributed by atoms with van der Waals surface area (Å²) in [5.41, 5.74) is 10.9. The van der Waals surface area contributed by atoms with Gasteiger partial charge in [0.1, 0.15) is 5.75 Å². The van der Waals surface area contributed by atoms with Gasteiger partial charge in [-0.1, -0.05) is 6.07 Å². The van der Waals surface area contributed by atoms with Crippen molar-refractivity contribution in [1.29, 1.82) is 0 Å². The van der Waals surface area contributed by atoms with Crippen molar-refractivity contribution in [2.45, 2.75) is 13.0 Å². The minimum atomic E-state index is -0.824. The maximum atomic E-state index is 11.0. The van der Waals surface area contributed by atoms with Crippen molar-refractivity contribution in [2.75, 3.05) is 18.0 Å². The molecule has 0 saturated heterocycles. The van der Waals surface area contributed by atoms with E-state index in [1.165, 1.54) is 24.0 Å². The highest BCUT2D eigenvalue weighted by Crippen LogP contribution is 2.28. The van der Waals surface area contributed by atoms with Gasteiger partial charge in [-0.05, 0) is 13.0 Å². The van der Waals surface area contributed by atoms with Gasteiger partial charge in [-0.15, -0.1) is 0 Å². The van der Waals surface area contributed by atoms with Gasteiger partial charge in [-0.25, -0.2) is 0 Å². The molecule has 0 fully saturated rings. The van der Waals surface area contributed by atoms with E-state index in [1.807, 2.05) is 0 Å². The summed E-state index contributed by atoms with van der Waals surface area (Å²) in [6.07, 6.45) is -0.824. The van der Waals surface area contributed by atoms with Crippen molar-refractivity contribution in [2.24, 2.45) is 11.5 Å². The Morgan fingerprint density at radius 2 is 1.79 bits per heavy atom. The fourth-order valence-electron chi connectivity index (χ4n) is 1.70. The van der Waals surface area contributed by atoms with Crippen LogP contribution >= 0.6 is 0 Å². The number of aliphatic hydroxyl groups excluding tert-OH is 1. The fraction of sp³-hybridized carbons (Fsp3) is 0.333. The number of aromatic hydroxyl groups is 1. The molecule has 1 aromatic carbocycles. The van der Waals surface area contributed by atoms with Crippen LogP contribution in [0.4, 0.5) is 5.69 Å². The molecule has 0 aromatic heterocycles. The maximum absolute atomic E-state index is 11.0. The third-order valence-electron chi connectivity index (χ3n) is 2.52. The van der Waals surface area contributed by atoms with Crippen molar-refractivity contribution in [3.8, 4) is 5.75 Å². The lowest BCUT2D eigenvalue weighted by Crippen LogP contribution is -2.39. The second-order valence-corrected chi connectivity index (χ2v) is 4.21. The van der Waals surface area contributed by atoms with Gasteiger partial charge in [0.2, 0.25) is 11.8 Å². The molecule has 0 aliphatic carbocycles. The fourth-order valence-corrected chi connectivity index (χ4v) is 1.70. The lowest BCUT2D eigenvalue weighted by molar-refractivity contribution is -0.117. The molecule has 0 bridgehead atoms. The topological polar surface area (TPSA) is 130 Å². The molecule has 2 amide bonds. The summed E-state index contributed by atoms with van der Waals surface area (Å²) in [4.78, 5) is 23.2. The number of benzene rings is 1. The minimum absolute atomic E-state index is 0.133. The first kappa shape index (κ1) is 14.8. The monoisotopic (exact) mass is 267 g/mol. The summed E-state index contributed by atoms with van der Waals surface area (Å²) < 4.78 is 0. The highest BCUT2D eigenvalue weighted by molar-refractivity contribution is 5.85. The molecule has 0 radical (unpaired) electrons. The van der Waals surface area contributed by atoms with E-state index in [0.29, 0.717) is 11.3 Å². The van der Waals surface area contributed by atoms with Crippen LogP contribution in [0.3, 0.4) is 0 Å². The summed E-state index contributed by atoms with van der Waals surface area (Å²) in [6, 6.07) is 4.41. The Balaban J connectivity index is 3.05. The van der Waals surface area contributed by atoms with Gasteiger partial charge in [0.05, 0.1) is 19.2 Å². The molecule has 0 saturated carbocycles. The van der Waals surface area contributed by atoms with Crippen LogP contribution < -0.4 is 16.4 Å². The first-order valence-electron chi connectivity index (χ1n) is 5.63. The van der Waals surface area contributed by atoms with E-state index in [-0.39, 0.29) is 18.8 Å². The van der Waals surface area contributed by atoms with Gasteiger partial charge in [0, 0.05) is 17.3 Å². The van der Waals surface area contributed by atoms with E-state index >= 15 is 0 Å². The van der Waals surface area contributed by atoms with Crippen LogP contribution in [-0.4, -0.2) is 35.1 Å². The van der Waals surface area contributed by atoms with E-state index in [2.05, 4.69) is 0 Å². The van der Waals surface area contributed by atoms with Crippen molar-refractivity contribution in [3.05, 3.63) is 23.8 Å². The summed E-state index contributed by atoms with van der Waals surface area (Å²) in [6.45, 7) is 1.12. The first-order chi connectivity index (χ1) is 8.81. The number of nitrogens with zero attached hydrogens (tertiary/aromatic N) is 1. The number of nitrogens with two attached hydrogens (primary N) is 2. The van der Waals surface area contributed by atoms with Crippen molar-refractivity contribution in [1.82, 2.24) is 0 Å². The number of phenolic OH excluding ortho intramolecular Hbond substituents is 1. The predicted molar refractivity (Wildman–Crippen MR) is 69.3 cm³/mol. The van der Waals surface area contributed by atoms with E-state index in [9.17, 15) is 19.8 Å². The number of hydrogen-bond acceptors (Lipinski definition) is 5. The number of amides is 2. The summed E-state index contributed by atoms with van der Waals surface area (Å²) in [5, 5.41) is 19.2. The van der Waals surface area contributed by atoms with Crippen molar-refractivity contribution < 1.29 is 19.8 Å². The molecule has 1 atom stereocenters. The minimum Gasteiger partial charge on any atom is -0.507 e. The van der Waals surface area contributed by atoms with E-state index < -0.39 is 17.9 Å². The molecule has 1 unspecified atom stereocenters. The molecule has 7 heteroatoms. The molecule has 0 heterocycles. The van der Waals surface area contributed by atoms with Gasteiger partial charge in [0.15, 0.2) is 0 Å². The van der Waals surface area contributed by atoms with E-state index in [0.717, 1.165) is 0 Å². The third kappa shape index (κ3) is 4.14. The van der Waals surface area contributed by atoms with Crippen LogP contribution in [0.25, 0.3) is 0 Å². The highest BCUT2D eigenvalue weighted by Gasteiger charge is 2.15. The number of phenols is 1. The Kier molecular flexibility index (Phi) is 4.71. The zero-order valence-corrected chi connectivity index (χ0v) is 10.5. The second-order valence-electron chi connectivity index (χ2n) is 4.21. The lowest BCUT2D eigenvalue weighted by atomic mass is 10.1. The molecule has 1 rings (SSSR count). The number of primary amides is 2. The summed E-state index contributed by atoms with van der Waals surface area (Å²) in [7, 11) is 0. The van der Waals surface area contributed by atoms with Crippen molar-refractivity contribution in [3.63, 3.8) is 0 Å². The Morgan fingerprint density at radius 3 is 2.16 bits per heavy atom. The molecule has 104 valence electrons. The smallest absolute Gasteiger partial charge is 0.236 e. The average molecular weight is 267 g/mol. The quantitative estimate of drug-likeness (QED) is 0.537. The zero-order valence-electron chi connectivity index (χ0n) is 10.5. The molecular formula is C12H17N3O4. The predicted octanol–water partition coefficient (Wildman–Crippen LogP) is -0.777. The van der Waals surface area contributed by atoms with E-state index in [4.69, 9.17) is 11.5 Å². The van der Waals surface area contributed by atoms with Gasteiger partial charge in [-0.3, -0.25) is 9.59 Å². The van der Waals surface area contributed by atoms with Gasteiger partial charge in [-0.2, -0.15) is 0 Å². The average Bonchev–Trinajstić information content (AvgIpc) is 2.26. The standard InChI is InChI=1S/C12H17N3O4/c1-7(16)9-3-2-8(4-10(9)17)15(5-11(13)18)6-12(14)19/h2-4,7,16-17H,5-6H2,1H3,(H2,13,18)(H2,14,19). The van der Waals surface area contributed by atoms with Gasteiger partial charge in [0.25, 0.3) is 0 Å². The number of hydrogen-bond donors (Lipinski definition) is 4. The number of anilines is 1. The van der Waals surface area contributed by atoms with Crippen LogP contribution in [-0.2, 0) is 9.59 Å². The second kappa shape index (κ2) is 6.05. The van der Waals surface area contributed by atoms with E-state index in [1.54, 1.807) is 6.07 Å². The molecule has 0 spiro atoms.